The largest absolute Gasteiger partial charge is 0.383 e. The zero-order valence-electron chi connectivity index (χ0n) is 10.2. The van der Waals surface area contributed by atoms with Gasteiger partial charge < -0.3 is 15.8 Å². The van der Waals surface area contributed by atoms with Gasteiger partial charge in [0.05, 0.1) is 6.61 Å². The number of methoxy groups -OCH3 is 1. The quantitative estimate of drug-likeness (QED) is 0.590. The van der Waals surface area contributed by atoms with E-state index in [1.54, 1.807) is 11.8 Å². The summed E-state index contributed by atoms with van der Waals surface area (Å²) >= 11 is 7.44. The van der Waals surface area contributed by atoms with Crippen molar-refractivity contribution in [1.82, 2.24) is 5.32 Å². The molecule has 0 spiro atoms. The van der Waals surface area contributed by atoms with Crippen molar-refractivity contribution in [2.75, 3.05) is 26.0 Å². The van der Waals surface area contributed by atoms with E-state index < -0.39 is 6.04 Å². The molecule has 1 unspecified atom stereocenters. The molecule has 1 rings (SSSR count). The highest BCUT2D eigenvalue weighted by molar-refractivity contribution is 7.99. The van der Waals surface area contributed by atoms with Gasteiger partial charge in [0, 0.05) is 29.3 Å². The molecule has 1 amide bonds. The Morgan fingerprint density at radius 1 is 1.50 bits per heavy atom. The molecule has 18 heavy (non-hydrogen) atoms. The average molecular weight is 289 g/mol. The molecular weight excluding hydrogens is 272 g/mol. The second kappa shape index (κ2) is 8.37. The summed E-state index contributed by atoms with van der Waals surface area (Å²) in [6.07, 6.45) is 0. The fourth-order valence-electron chi connectivity index (χ4n) is 1.26. The number of amides is 1. The number of benzene rings is 1. The maximum Gasteiger partial charge on any atom is 0.239 e. The number of thioether (sulfide) groups is 1. The number of hydrogen-bond donors (Lipinski definition) is 2. The molecule has 0 heterocycles. The molecule has 0 fully saturated rings. The topological polar surface area (TPSA) is 64.3 Å². The Hall–Kier alpha value is -0.750. The minimum Gasteiger partial charge on any atom is -0.383 e. The molecule has 0 saturated heterocycles. The van der Waals surface area contributed by atoms with Crippen molar-refractivity contribution in [1.29, 1.82) is 0 Å². The first-order chi connectivity index (χ1) is 8.63. The van der Waals surface area contributed by atoms with Gasteiger partial charge in [0.1, 0.15) is 6.04 Å². The molecule has 1 aromatic rings. The standard InChI is InChI=1S/C12H17ClN2O2S/c1-17-8-11(14)12(16)15-6-7-18-10-4-2-9(13)3-5-10/h2-5,11H,6-8,14H2,1H3,(H,15,16). The van der Waals surface area contributed by atoms with Crippen LogP contribution in [0.15, 0.2) is 29.2 Å². The van der Waals surface area contributed by atoms with Crippen LogP contribution >= 0.6 is 23.4 Å². The summed E-state index contributed by atoms with van der Waals surface area (Å²) in [4.78, 5) is 12.6. The lowest BCUT2D eigenvalue weighted by Gasteiger charge is -2.10. The van der Waals surface area contributed by atoms with Crippen LogP contribution in [0.1, 0.15) is 0 Å². The summed E-state index contributed by atoms with van der Waals surface area (Å²) < 4.78 is 4.81. The van der Waals surface area contributed by atoms with Crippen molar-refractivity contribution in [2.24, 2.45) is 5.73 Å². The van der Waals surface area contributed by atoms with Crippen LogP contribution in [0.5, 0.6) is 0 Å². The monoisotopic (exact) mass is 288 g/mol. The molecule has 100 valence electrons. The van der Waals surface area contributed by atoms with Crippen molar-refractivity contribution in [2.45, 2.75) is 10.9 Å². The molecule has 0 aliphatic heterocycles. The predicted molar refractivity (Wildman–Crippen MR) is 75.0 cm³/mol. The van der Waals surface area contributed by atoms with Crippen molar-refractivity contribution in [3.05, 3.63) is 29.3 Å². The van der Waals surface area contributed by atoms with Gasteiger partial charge in [-0.25, -0.2) is 0 Å². The zero-order chi connectivity index (χ0) is 13.4. The first-order valence-corrected chi connectivity index (χ1v) is 6.90. The van der Waals surface area contributed by atoms with Gasteiger partial charge in [-0.05, 0) is 24.3 Å². The summed E-state index contributed by atoms with van der Waals surface area (Å²) in [5.74, 6) is 0.598. The number of carbonyl (C=O) groups is 1. The lowest BCUT2D eigenvalue weighted by atomic mass is 10.3. The average Bonchev–Trinajstić information content (AvgIpc) is 2.36. The van der Waals surface area contributed by atoms with Crippen molar-refractivity contribution in [3.63, 3.8) is 0 Å². The number of halogens is 1. The molecule has 1 aromatic carbocycles. The maximum absolute atomic E-state index is 11.4. The van der Waals surface area contributed by atoms with Crippen LogP contribution in [0.4, 0.5) is 0 Å². The van der Waals surface area contributed by atoms with E-state index in [0.717, 1.165) is 15.7 Å². The summed E-state index contributed by atoms with van der Waals surface area (Å²) in [7, 11) is 1.52. The highest BCUT2D eigenvalue weighted by atomic mass is 35.5. The third-order valence-electron chi connectivity index (χ3n) is 2.17. The van der Waals surface area contributed by atoms with E-state index >= 15 is 0 Å². The molecule has 6 heteroatoms. The number of rotatable bonds is 7. The van der Waals surface area contributed by atoms with Crippen LogP contribution in [-0.4, -0.2) is 38.0 Å². The highest BCUT2D eigenvalue weighted by Crippen LogP contribution is 2.19. The second-order valence-corrected chi connectivity index (χ2v) is 5.26. The molecule has 0 saturated carbocycles. The highest BCUT2D eigenvalue weighted by Gasteiger charge is 2.11. The number of hydrogen-bond acceptors (Lipinski definition) is 4. The number of carbonyl (C=O) groups excluding carboxylic acids is 1. The van der Waals surface area contributed by atoms with Crippen molar-refractivity contribution in [3.8, 4) is 0 Å². The Morgan fingerprint density at radius 2 is 2.17 bits per heavy atom. The third kappa shape index (κ3) is 5.73. The van der Waals surface area contributed by atoms with Crippen molar-refractivity contribution >= 4 is 29.3 Å². The van der Waals surface area contributed by atoms with E-state index in [9.17, 15) is 4.79 Å². The van der Waals surface area contributed by atoms with E-state index in [1.807, 2.05) is 24.3 Å². The fourth-order valence-corrected chi connectivity index (χ4v) is 2.15. The summed E-state index contributed by atoms with van der Waals surface area (Å²) in [5, 5.41) is 3.48. The fraction of sp³-hybridized carbons (Fsp3) is 0.417. The van der Waals surface area contributed by atoms with Gasteiger partial charge in [-0.3, -0.25) is 4.79 Å². The smallest absolute Gasteiger partial charge is 0.239 e. The normalized spacial score (nSPS) is 12.2. The SMILES string of the molecule is COCC(N)C(=O)NCCSc1ccc(Cl)cc1. The van der Waals surface area contributed by atoms with Gasteiger partial charge in [-0.2, -0.15) is 0 Å². The van der Waals surface area contributed by atoms with E-state index in [0.29, 0.717) is 6.54 Å². The van der Waals surface area contributed by atoms with Gasteiger partial charge in [-0.15, -0.1) is 11.8 Å². The molecule has 0 bridgehead atoms. The molecule has 4 nitrogen and oxygen atoms in total. The first kappa shape index (κ1) is 15.3. The van der Waals surface area contributed by atoms with Crippen LogP contribution in [-0.2, 0) is 9.53 Å². The van der Waals surface area contributed by atoms with E-state index in [4.69, 9.17) is 22.1 Å². The molecule has 0 radical (unpaired) electrons. The van der Waals surface area contributed by atoms with Crippen LogP contribution in [0, 0.1) is 0 Å². The van der Waals surface area contributed by atoms with E-state index in [-0.39, 0.29) is 12.5 Å². The summed E-state index contributed by atoms with van der Waals surface area (Å²) in [5.41, 5.74) is 5.58. The third-order valence-corrected chi connectivity index (χ3v) is 3.43. The van der Waals surface area contributed by atoms with Gasteiger partial charge >= 0.3 is 0 Å². The Morgan fingerprint density at radius 3 is 2.78 bits per heavy atom. The summed E-state index contributed by atoms with van der Waals surface area (Å²) in [6.45, 7) is 0.805. The zero-order valence-corrected chi connectivity index (χ0v) is 11.8. The van der Waals surface area contributed by atoms with Gasteiger partial charge in [0.15, 0.2) is 0 Å². The number of nitrogens with one attached hydrogen (secondary N) is 1. The molecule has 0 aliphatic carbocycles. The number of ether oxygens (including phenoxy) is 1. The minimum absolute atomic E-state index is 0.187. The molecule has 1 atom stereocenters. The number of nitrogens with two attached hydrogens (primary N) is 1. The lowest BCUT2D eigenvalue weighted by molar-refractivity contribution is -0.123. The van der Waals surface area contributed by atoms with Crippen LogP contribution in [0.2, 0.25) is 5.02 Å². The van der Waals surface area contributed by atoms with Gasteiger partial charge in [0.25, 0.3) is 0 Å². The Labute approximate surface area is 116 Å². The van der Waals surface area contributed by atoms with E-state index in [2.05, 4.69) is 5.32 Å². The molecule has 0 aromatic heterocycles. The second-order valence-electron chi connectivity index (χ2n) is 3.66. The minimum atomic E-state index is -0.601. The van der Waals surface area contributed by atoms with Crippen LogP contribution < -0.4 is 11.1 Å². The Balaban J connectivity index is 2.18. The van der Waals surface area contributed by atoms with Crippen LogP contribution in [0.25, 0.3) is 0 Å². The maximum atomic E-state index is 11.4. The lowest BCUT2D eigenvalue weighted by Crippen LogP contribution is -2.44. The molecular formula is C12H17ClN2O2S. The van der Waals surface area contributed by atoms with Gasteiger partial charge in [-0.1, -0.05) is 11.6 Å². The van der Waals surface area contributed by atoms with Crippen molar-refractivity contribution < 1.29 is 9.53 Å². The Kier molecular flexibility index (Phi) is 7.12. The molecule has 3 N–H and O–H groups in total. The summed E-state index contributed by atoms with van der Waals surface area (Å²) in [6, 6.07) is 6.99. The predicted octanol–water partition coefficient (Wildman–Crippen LogP) is 1.52. The first-order valence-electron chi connectivity index (χ1n) is 5.54. The van der Waals surface area contributed by atoms with Crippen LogP contribution in [0.3, 0.4) is 0 Å². The van der Waals surface area contributed by atoms with E-state index in [1.165, 1.54) is 7.11 Å². The van der Waals surface area contributed by atoms with Gasteiger partial charge in [0.2, 0.25) is 5.91 Å². The Bertz CT molecular complexity index is 373. The molecule has 0 aliphatic rings.